The third-order valence-electron chi connectivity index (χ3n) is 3.36. The van der Waals surface area contributed by atoms with Gasteiger partial charge in [-0.1, -0.05) is 23.7 Å². The second kappa shape index (κ2) is 11.9. The molecule has 5 nitrogen and oxygen atoms in total. The van der Waals surface area contributed by atoms with Crippen LogP contribution in [-0.2, 0) is 4.74 Å². The predicted octanol–water partition coefficient (Wildman–Crippen LogP) is 2.76. The number of ether oxygens (including phenoxy) is 1. The molecule has 0 spiro atoms. The first-order chi connectivity index (χ1) is 10.5. The molecule has 2 N–H and O–H groups in total. The van der Waals surface area contributed by atoms with Crippen molar-refractivity contribution in [3.05, 3.63) is 34.9 Å². The van der Waals surface area contributed by atoms with Crippen LogP contribution in [0.5, 0.6) is 0 Å². The summed E-state index contributed by atoms with van der Waals surface area (Å²) < 4.78 is 5.13. The van der Waals surface area contributed by atoms with Crippen LogP contribution in [0.3, 0.4) is 0 Å². The van der Waals surface area contributed by atoms with Crippen LogP contribution < -0.4 is 10.6 Å². The molecule has 132 valence electrons. The average Bonchev–Trinajstić information content (AvgIpc) is 2.48. The van der Waals surface area contributed by atoms with Gasteiger partial charge in [-0.05, 0) is 38.7 Å². The zero-order chi connectivity index (χ0) is 16.5. The minimum absolute atomic E-state index is 0. The molecule has 1 rings (SSSR count). The van der Waals surface area contributed by atoms with Crippen molar-refractivity contribution in [2.75, 3.05) is 41.4 Å². The molecule has 0 saturated carbocycles. The smallest absolute Gasteiger partial charge is 0.191 e. The maximum Gasteiger partial charge on any atom is 0.191 e. The highest BCUT2D eigenvalue weighted by molar-refractivity contribution is 14.0. The number of likely N-dealkylation sites (N-methyl/N-ethyl adjacent to an activating group) is 1. The van der Waals surface area contributed by atoms with Gasteiger partial charge in [0.15, 0.2) is 5.96 Å². The summed E-state index contributed by atoms with van der Waals surface area (Å²) in [6, 6.07) is 8.37. The quantitative estimate of drug-likeness (QED) is 0.378. The molecule has 0 aliphatic rings. The topological polar surface area (TPSA) is 48.9 Å². The molecule has 0 fully saturated rings. The number of halogens is 2. The number of benzene rings is 1. The summed E-state index contributed by atoms with van der Waals surface area (Å²) in [6.45, 7) is 3.43. The molecular weight excluding hydrogens is 427 g/mol. The molecule has 1 aromatic rings. The molecule has 0 heterocycles. The zero-order valence-electron chi connectivity index (χ0n) is 14.5. The summed E-state index contributed by atoms with van der Waals surface area (Å²) in [5, 5.41) is 7.41. The second-order valence-corrected chi connectivity index (χ2v) is 5.92. The SMILES string of the molecule is CN=C(NCC(c1ccc(Cl)cc1)N(C)C)NC(C)COC.I. The Hall–Kier alpha value is -0.570. The summed E-state index contributed by atoms with van der Waals surface area (Å²) >= 11 is 5.96. The normalized spacial score (nSPS) is 14.1. The summed E-state index contributed by atoms with van der Waals surface area (Å²) in [7, 11) is 7.58. The Bertz CT molecular complexity index is 468. The Kier molecular flexibility index (Phi) is 11.6. The number of aliphatic imine (C=N–C) groups is 1. The van der Waals surface area contributed by atoms with Crippen LogP contribution >= 0.6 is 35.6 Å². The maximum absolute atomic E-state index is 5.96. The Morgan fingerprint density at radius 2 is 1.91 bits per heavy atom. The Labute approximate surface area is 161 Å². The Morgan fingerprint density at radius 1 is 1.30 bits per heavy atom. The van der Waals surface area contributed by atoms with E-state index in [1.54, 1.807) is 14.2 Å². The van der Waals surface area contributed by atoms with Gasteiger partial charge in [-0.3, -0.25) is 4.99 Å². The fourth-order valence-corrected chi connectivity index (χ4v) is 2.32. The van der Waals surface area contributed by atoms with E-state index in [-0.39, 0.29) is 36.1 Å². The summed E-state index contributed by atoms with van der Waals surface area (Å²) in [4.78, 5) is 6.42. The van der Waals surface area contributed by atoms with Gasteiger partial charge in [0, 0.05) is 31.8 Å². The van der Waals surface area contributed by atoms with Gasteiger partial charge in [-0.15, -0.1) is 24.0 Å². The van der Waals surface area contributed by atoms with Crippen LogP contribution in [0.15, 0.2) is 29.3 Å². The van der Waals surface area contributed by atoms with Gasteiger partial charge in [0.05, 0.1) is 12.6 Å². The summed E-state index contributed by atoms with van der Waals surface area (Å²) in [5.74, 6) is 0.769. The van der Waals surface area contributed by atoms with E-state index in [1.807, 2.05) is 12.1 Å². The largest absolute Gasteiger partial charge is 0.383 e. The standard InChI is InChI=1S/C16H27ClN4O.HI/c1-12(11-22-5)20-16(18-2)19-10-15(21(3)4)13-6-8-14(17)9-7-13;/h6-9,12,15H,10-11H2,1-5H3,(H2,18,19,20);1H. The van der Waals surface area contributed by atoms with E-state index in [4.69, 9.17) is 16.3 Å². The Morgan fingerprint density at radius 3 is 2.39 bits per heavy atom. The molecule has 0 saturated heterocycles. The van der Waals surface area contributed by atoms with Crippen molar-refractivity contribution in [1.82, 2.24) is 15.5 Å². The minimum atomic E-state index is 0. The molecule has 0 bridgehead atoms. The Balaban J connectivity index is 0.00000484. The number of nitrogens with one attached hydrogen (secondary N) is 2. The van der Waals surface area contributed by atoms with Gasteiger partial charge in [0.1, 0.15) is 0 Å². The van der Waals surface area contributed by atoms with Crippen LogP contribution in [0, 0.1) is 0 Å². The van der Waals surface area contributed by atoms with Gasteiger partial charge < -0.3 is 20.3 Å². The molecule has 0 amide bonds. The van der Waals surface area contributed by atoms with E-state index >= 15 is 0 Å². The molecule has 23 heavy (non-hydrogen) atoms. The van der Waals surface area contributed by atoms with Crippen molar-refractivity contribution in [3.63, 3.8) is 0 Å². The molecule has 0 aliphatic heterocycles. The number of nitrogens with zero attached hydrogens (tertiary/aromatic N) is 2. The minimum Gasteiger partial charge on any atom is -0.383 e. The molecule has 1 aromatic carbocycles. The van der Waals surface area contributed by atoms with Crippen LogP contribution in [-0.4, -0.2) is 58.3 Å². The zero-order valence-corrected chi connectivity index (χ0v) is 17.6. The number of methoxy groups -OCH3 is 1. The third kappa shape index (κ3) is 8.19. The van der Waals surface area contributed by atoms with Gasteiger partial charge in [0.25, 0.3) is 0 Å². The van der Waals surface area contributed by atoms with E-state index in [1.165, 1.54) is 5.56 Å². The van der Waals surface area contributed by atoms with Crippen LogP contribution in [0.25, 0.3) is 0 Å². The molecule has 2 atom stereocenters. The number of rotatable bonds is 7. The fraction of sp³-hybridized carbons (Fsp3) is 0.562. The van der Waals surface area contributed by atoms with Crippen molar-refractivity contribution in [1.29, 1.82) is 0 Å². The van der Waals surface area contributed by atoms with Gasteiger partial charge in [-0.2, -0.15) is 0 Å². The van der Waals surface area contributed by atoms with Crippen LogP contribution in [0.1, 0.15) is 18.5 Å². The van der Waals surface area contributed by atoms with E-state index in [2.05, 4.69) is 53.7 Å². The molecule has 2 unspecified atom stereocenters. The van der Waals surface area contributed by atoms with E-state index in [0.29, 0.717) is 6.61 Å². The van der Waals surface area contributed by atoms with E-state index in [9.17, 15) is 0 Å². The maximum atomic E-state index is 5.96. The molecule has 7 heteroatoms. The lowest BCUT2D eigenvalue weighted by Gasteiger charge is -2.26. The highest BCUT2D eigenvalue weighted by atomic mass is 127. The molecule has 0 aromatic heterocycles. The van der Waals surface area contributed by atoms with Gasteiger partial charge in [-0.25, -0.2) is 0 Å². The van der Waals surface area contributed by atoms with Crippen molar-refractivity contribution in [3.8, 4) is 0 Å². The molecule has 0 radical (unpaired) electrons. The first kappa shape index (κ1) is 22.4. The second-order valence-electron chi connectivity index (χ2n) is 5.48. The summed E-state index contributed by atoms with van der Waals surface area (Å²) in [5.41, 5.74) is 1.21. The average molecular weight is 455 g/mol. The van der Waals surface area contributed by atoms with Gasteiger partial charge >= 0.3 is 0 Å². The number of hydrogen-bond donors (Lipinski definition) is 2. The van der Waals surface area contributed by atoms with Crippen LogP contribution in [0.2, 0.25) is 5.02 Å². The lowest BCUT2D eigenvalue weighted by molar-refractivity contribution is 0.179. The van der Waals surface area contributed by atoms with Crippen molar-refractivity contribution in [2.24, 2.45) is 4.99 Å². The van der Waals surface area contributed by atoms with E-state index < -0.39 is 0 Å². The number of hydrogen-bond acceptors (Lipinski definition) is 3. The van der Waals surface area contributed by atoms with Crippen molar-refractivity contribution in [2.45, 2.75) is 19.0 Å². The summed E-state index contributed by atoms with van der Waals surface area (Å²) in [6.07, 6.45) is 0. The van der Waals surface area contributed by atoms with Crippen molar-refractivity contribution < 1.29 is 4.74 Å². The predicted molar refractivity (Wildman–Crippen MR) is 109 cm³/mol. The van der Waals surface area contributed by atoms with Gasteiger partial charge in [0.2, 0.25) is 0 Å². The van der Waals surface area contributed by atoms with Crippen LogP contribution in [0.4, 0.5) is 0 Å². The lowest BCUT2D eigenvalue weighted by Crippen LogP contribution is -2.46. The monoisotopic (exact) mass is 454 g/mol. The molecular formula is C16H28ClIN4O. The first-order valence-electron chi connectivity index (χ1n) is 7.36. The fourth-order valence-electron chi connectivity index (χ4n) is 2.20. The highest BCUT2D eigenvalue weighted by Gasteiger charge is 2.15. The van der Waals surface area contributed by atoms with Crippen molar-refractivity contribution >= 4 is 41.5 Å². The molecule has 0 aliphatic carbocycles. The lowest BCUT2D eigenvalue weighted by atomic mass is 10.1. The number of guanidine groups is 1. The highest BCUT2D eigenvalue weighted by Crippen LogP contribution is 2.19. The first-order valence-corrected chi connectivity index (χ1v) is 7.73. The van der Waals surface area contributed by atoms with E-state index in [0.717, 1.165) is 17.5 Å². The third-order valence-corrected chi connectivity index (χ3v) is 3.62.